The molecule has 0 aromatic heterocycles. The Hall–Kier alpha value is -1.81. The van der Waals surface area contributed by atoms with Gasteiger partial charge in [0.2, 0.25) is 0 Å². The van der Waals surface area contributed by atoms with Crippen LogP contribution in [0.5, 0.6) is 0 Å². The molecule has 9 radical (unpaired) electrons. The molecule has 0 atom stereocenters. The third kappa shape index (κ3) is 3.16. The van der Waals surface area contributed by atoms with Crippen LogP contribution < -0.4 is 20.7 Å². The number of hydrogen-bond donors (Lipinski definition) is 2. The van der Waals surface area contributed by atoms with Gasteiger partial charge in [-0.3, -0.25) is 0 Å². The van der Waals surface area contributed by atoms with E-state index in [1.54, 1.807) is 0 Å². The maximum absolute atomic E-state index is 10.1. The number of fused-ring (bicyclic) bond motifs is 2. The quantitative estimate of drug-likeness (QED) is 0.450. The van der Waals surface area contributed by atoms with Gasteiger partial charge in [-0.25, -0.2) is 0 Å². The summed E-state index contributed by atoms with van der Waals surface area (Å²) in [5.74, 6) is 0. The fraction of sp³-hybridized carbons (Fsp3) is 0.0909. The van der Waals surface area contributed by atoms with Crippen LogP contribution in [0.2, 0.25) is 0 Å². The molecule has 127 valence electrons. The molecule has 0 unspecified atom stereocenters. The maximum atomic E-state index is 10.1. The van der Waals surface area contributed by atoms with E-state index >= 15 is 0 Å². The molecule has 6 heteroatoms. The van der Waals surface area contributed by atoms with Gasteiger partial charge in [0.05, 0.1) is 23.5 Å². The lowest BCUT2D eigenvalue weighted by Gasteiger charge is -2.19. The van der Waals surface area contributed by atoms with Crippen LogP contribution in [-0.2, 0) is 13.2 Å². The number of hydrogen-bond acceptors (Lipinski definition) is 2. The Balaban J connectivity index is 2.24. The average Bonchev–Trinajstić information content (AvgIpc) is 2.69. The van der Waals surface area contributed by atoms with Crippen molar-refractivity contribution < 1.29 is 10.2 Å². The normalized spacial score (nSPS) is 11.4. The first-order valence-corrected chi connectivity index (χ1v) is 10.7. The Labute approximate surface area is 177 Å². The highest BCUT2D eigenvalue weighted by molar-refractivity contribution is 6.43. The van der Waals surface area contributed by atoms with E-state index in [4.69, 9.17) is 0 Å². The number of aliphatic hydroxyl groups excluding tert-OH is 2. The van der Waals surface area contributed by atoms with Crippen LogP contribution in [0.25, 0.3) is 32.7 Å². The molecular formula is C22H14O2Si4+3. The monoisotopic (exact) mass is 422 g/mol. The van der Waals surface area contributed by atoms with Gasteiger partial charge in [0.25, 0.3) is 0 Å². The fourth-order valence-electron chi connectivity index (χ4n) is 3.80. The summed E-state index contributed by atoms with van der Waals surface area (Å²) in [6, 6.07) is 16.1. The minimum atomic E-state index is -0.101. The number of rotatable bonds is 3. The van der Waals surface area contributed by atoms with E-state index in [2.05, 4.69) is 53.1 Å². The van der Waals surface area contributed by atoms with Crippen LogP contribution in [0.15, 0.2) is 48.5 Å². The molecule has 0 aliphatic carbocycles. The van der Waals surface area contributed by atoms with Gasteiger partial charge in [-0.15, -0.1) is 0 Å². The van der Waals surface area contributed by atoms with Crippen LogP contribution in [0.1, 0.15) is 11.1 Å². The minimum absolute atomic E-state index is 0.101. The van der Waals surface area contributed by atoms with E-state index in [-0.39, 0.29) is 13.2 Å². The average molecular weight is 423 g/mol. The molecule has 0 heterocycles. The van der Waals surface area contributed by atoms with E-state index in [1.165, 1.54) is 0 Å². The molecule has 2 N–H and O–H groups in total. The molecule has 28 heavy (non-hydrogen) atoms. The largest absolute Gasteiger partial charge is 0.755 e. The van der Waals surface area contributed by atoms with E-state index in [1.807, 2.05) is 36.4 Å². The van der Waals surface area contributed by atoms with Crippen molar-refractivity contribution in [3.05, 3.63) is 59.7 Å². The first-order valence-electron chi connectivity index (χ1n) is 8.72. The zero-order valence-corrected chi connectivity index (χ0v) is 18.9. The predicted molar refractivity (Wildman–Crippen MR) is 120 cm³/mol. The lowest BCUT2D eigenvalue weighted by Crippen LogP contribution is -2.14. The topological polar surface area (TPSA) is 40.5 Å². The summed E-state index contributed by atoms with van der Waals surface area (Å²) in [4.78, 5) is 0. The van der Waals surface area contributed by atoms with Crippen molar-refractivity contribution in [1.29, 1.82) is 0 Å². The van der Waals surface area contributed by atoms with Gasteiger partial charge in [-0.05, 0) is 68.7 Å². The Morgan fingerprint density at radius 1 is 0.643 bits per heavy atom. The summed E-state index contributed by atoms with van der Waals surface area (Å²) in [6.07, 6.45) is 0. The molecule has 0 saturated heterocycles. The SMILES string of the molecule is OCc1cc([Si])c2cc([Si+])ccc2c1-c1c(CO)cc([Si+])c2cc([Si+])ccc12. The third-order valence-corrected chi connectivity index (χ3v) is 6.48. The van der Waals surface area contributed by atoms with Gasteiger partial charge in [0.15, 0.2) is 15.6 Å². The van der Waals surface area contributed by atoms with Crippen LogP contribution in [-0.4, -0.2) is 51.2 Å². The minimum Gasteiger partial charge on any atom is -0.392 e. The Bertz CT molecular complexity index is 1140. The Morgan fingerprint density at radius 2 is 1.14 bits per heavy atom. The highest BCUT2D eigenvalue weighted by Gasteiger charge is 2.23. The van der Waals surface area contributed by atoms with E-state index in [0.717, 1.165) is 64.5 Å². The molecule has 0 aliphatic heterocycles. The van der Waals surface area contributed by atoms with Gasteiger partial charge in [0, 0.05) is 5.39 Å². The molecule has 0 fully saturated rings. The van der Waals surface area contributed by atoms with Crippen molar-refractivity contribution in [2.75, 3.05) is 0 Å². The molecule has 2 nitrogen and oxygen atoms in total. The number of aliphatic hydroxyl groups is 2. The lowest BCUT2D eigenvalue weighted by molar-refractivity contribution is 0.280. The highest BCUT2D eigenvalue weighted by atomic mass is 28.2. The molecule has 0 saturated carbocycles. The van der Waals surface area contributed by atoms with Crippen molar-refractivity contribution >= 4 is 83.3 Å². The smallest absolute Gasteiger partial charge is 0.392 e. The Kier molecular flexibility index (Phi) is 5.26. The number of benzene rings is 4. The summed E-state index contributed by atoms with van der Waals surface area (Å²) in [5.41, 5.74) is 3.49. The summed E-state index contributed by atoms with van der Waals surface area (Å²) in [6.45, 7) is -0.201. The lowest BCUT2D eigenvalue weighted by atomic mass is 9.87. The standard InChI is InChI=1S/C22H14O2Si4/c23-9-11-5-19(27)17-7-13(25)1-3-15(17)21(11)22-12(10-24)6-20(28)18-8-14(26)2-4-16(18)22/h1-8,23-24H,9-10H2/q+3. The second-order valence-corrected chi connectivity index (χ2v) is 8.99. The molecule has 0 bridgehead atoms. The van der Waals surface area contributed by atoms with Crippen molar-refractivity contribution in [1.82, 2.24) is 0 Å². The van der Waals surface area contributed by atoms with E-state index in [9.17, 15) is 10.2 Å². The zero-order valence-electron chi connectivity index (χ0n) is 14.9. The zero-order chi connectivity index (χ0) is 20.0. The van der Waals surface area contributed by atoms with Crippen molar-refractivity contribution in [2.45, 2.75) is 13.2 Å². The summed E-state index contributed by atoms with van der Waals surface area (Å²) in [5, 5.41) is 28.2. The second kappa shape index (κ2) is 7.55. The van der Waals surface area contributed by atoms with Crippen molar-refractivity contribution in [3.63, 3.8) is 0 Å². The molecule has 0 spiro atoms. The van der Waals surface area contributed by atoms with Gasteiger partial charge in [-0.2, -0.15) is 0 Å². The maximum Gasteiger partial charge on any atom is 0.755 e. The fourth-order valence-corrected chi connectivity index (χ4v) is 5.02. The van der Waals surface area contributed by atoms with Gasteiger partial charge >= 0.3 is 30.7 Å². The first-order chi connectivity index (χ1) is 13.4. The molecule has 4 aromatic carbocycles. The van der Waals surface area contributed by atoms with Crippen LogP contribution in [0.3, 0.4) is 0 Å². The summed E-state index contributed by atoms with van der Waals surface area (Å²) < 4.78 is 0. The predicted octanol–water partition coefficient (Wildman–Crippen LogP) is -0.180. The second-order valence-electron chi connectivity index (χ2n) is 6.75. The Morgan fingerprint density at radius 3 is 1.71 bits per heavy atom. The molecule has 0 amide bonds. The van der Waals surface area contributed by atoms with Crippen molar-refractivity contribution in [2.24, 2.45) is 0 Å². The molecule has 4 rings (SSSR count). The molecule has 0 aliphatic rings. The van der Waals surface area contributed by atoms with Gasteiger partial charge in [-0.1, -0.05) is 23.4 Å². The van der Waals surface area contributed by atoms with Crippen molar-refractivity contribution in [3.8, 4) is 11.1 Å². The van der Waals surface area contributed by atoms with Crippen LogP contribution in [0, 0.1) is 0 Å². The highest BCUT2D eigenvalue weighted by Crippen LogP contribution is 2.37. The van der Waals surface area contributed by atoms with Crippen LogP contribution >= 0.6 is 0 Å². The summed E-state index contributed by atoms with van der Waals surface area (Å²) in [7, 11) is 14.6. The first kappa shape index (κ1) is 19.5. The summed E-state index contributed by atoms with van der Waals surface area (Å²) >= 11 is 0. The third-order valence-electron chi connectivity index (χ3n) is 5.03. The van der Waals surface area contributed by atoms with E-state index in [0.29, 0.717) is 0 Å². The van der Waals surface area contributed by atoms with Gasteiger partial charge < -0.3 is 10.2 Å². The van der Waals surface area contributed by atoms with Gasteiger partial charge in [0.1, 0.15) is 0 Å². The van der Waals surface area contributed by atoms with E-state index < -0.39 is 0 Å². The van der Waals surface area contributed by atoms with Crippen LogP contribution in [0.4, 0.5) is 0 Å². The molecular weight excluding hydrogens is 409 g/mol. The molecule has 4 aromatic rings.